The smallest absolute Gasteiger partial charge is 0.296 e. The first-order chi connectivity index (χ1) is 12.8. The highest BCUT2D eigenvalue weighted by atomic mass is 19.1. The Morgan fingerprint density at radius 1 is 1.41 bits per heavy atom. The van der Waals surface area contributed by atoms with Crippen LogP contribution in [0.2, 0.25) is 0 Å². The molecular formula is C20H23FN4O2. The highest BCUT2D eigenvalue weighted by Gasteiger charge is 2.28. The maximum absolute atomic E-state index is 15.1. The Labute approximate surface area is 157 Å². The van der Waals surface area contributed by atoms with Crippen LogP contribution in [-0.2, 0) is 4.79 Å². The standard InChI is InChI=1S/C20H23FN4O2/c1-4-6-16(26)24-13-7-5-8-25(10-13)19-15(21)9-14(20(22)27)18-17(19)11(2)12(3)23-18/h9,13,23H,5,7-8,10H2,1-3H3,(H2,22,27)(H,24,26). The number of benzene rings is 1. The molecule has 6 nitrogen and oxygen atoms in total. The van der Waals surface area contributed by atoms with Gasteiger partial charge < -0.3 is 20.9 Å². The number of hydrogen-bond donors (Lipinski definition) is 3. The molecule has 1 fully saturated rings. The van der Waals surface area contributed by atoms with Crippen LogP contribution in [0.15, 0.2) is 6.07 Å². The molecule has 2 amide bonds. The number of fused-ring (bicyclic) bond motifs is 1. The van der Waals surface area contributed by atoms with Gasteiger partial charge in [0, 0.05) is 30.2 Å². The quantitative estimate of drug-likeness (QED) is 0.723. The average molecular weight is 370 g/mol. The first-order valence-electron chi connectivity index (χ1n) is 8.92. The Morgan fingerprint density at radius 2 is 2.15 bits per heavy atom. The summed E-state index contributed by atoms with van der Waals surface area (Å²) in [5.41, 5.74) is 8.32. The summed E-state index contributed by atoms with van der Waals surface area (Å²) in [7, 11) is 0. The fourth-order valence-electron chi connectivity index (χ4n) is 3.74. The van der Waals surface area contributed by atoms with Gasteiger partial charge in [-0.1, -0.05) is 5.92 Å². The van der Waals surface area contributed by atoms with E-state index in [4.69, 9.17) is 5.73 Å². The number of halogens is 1. The molecule has 2 heterocycles. The zero-order valence-corrected chi connectivity index (χ0v) is 15.7. The number of primary amides is 1. The number of amides is 2. The van der Waals surface area contributed by atoms with Crippen molar-refractivity contribution in [2.24, 2.45) is 5.73 Å². The molecule has 0 radical (unpaired) electrons. The number of carbonyl (C=O) groups excluding carboxylic acids is 2. The van der Waals surface area contributed by atoms with Crippen molar-refractivity contribution in [2.45, 2.75) is 39.7 Å². The molecule has 1 unspecified atom stereocenters. The van der Waals surface area contributed by atoms with Crippen LogP contribution in [0, 0.1) is 31.5 Å². The van der Waals surface area contributed by atoms with E-state index in [-0.39, 0.29) is 17.5 Å². The molecule has 3 rings (SSSR count). The molecule has 0 aliphatic carbocycles. The first-order valence-corrected chi connectivity index (χ1v) is 8.92. The lowest BCUT2D eigenvalue weighted by molar-refractivity contribution is -0.116. The maximum Gasteiger partial charge on any atom is 0.296 e. The molecule has 1 aromatic heterocycles. The minimum absolute atomic E-state index is 0.113. The number of nitrogens with one attached hydrogen (secondary N) is 2. The van der Waals surface area contributed by atoms with E-state index in [0.717, 1.165) is 24.1 Å². The van der Waals surface area contributed by atoms with Gasteiger partial charge in [0.05, 0.1) is 16.8 Å². The summed E-state index contributed by atoms with van der Waals surface area (Å²) in [5.74, 6) is 3.56. The number of H-pyrrole nitrogens is 1. The summed E-state index contributed by atoms with van der Waals surface area (Å²) in [6.45, 7) is 6.52. The minimum Gasteiger partial charge on any atom is -0.367 e. The second kappa shape index (κ2) is 7.31. The van der Waals surface area contributed by atoms with Crippen LogP contribution < -0.4 is 16.0 Å². The van der Waals surface area contributed by atoms with Gasteiger partial charge in [0.1, 0.15) is 5.82 Å². The molecule has 1 aromatic carbocycles. The fraction of sp³-hybridized carbons (Fsp3) is 0.400. The Hall–Kier alpha value is -3.01. The second-order valence-corrected chi connectivity index (χ2v) is 6.88. The number of piperidine rings is 1. The van der Waals surface area contributed by atoms with E-state index in [0.29, 0.717) is 29.7 Å². The van der Waals surface area contributed by atoms with Gasteiger partial charge in [0.25, 0.3) is 11.8 Å². The number of anilines is 1. The van der Waals surface area contributed by atoms with Crippen LogP contribution in [0.3, 0.4) is 0 Å². The van der Waals surface area contributed by atoms with Gasteiger partial charge in [-0.05, 0) is 51.2 Å². The number of aromatic amines is 1. The fourth-order valence-corrected chi connectivity index (χ4v) is 3.74. The van der Waals surface area contributed by atoms with Gasteiger partial charge >= 0.3 is 0 Å². The van der Waals surface area contributed by atoms with Gasteiger partial charge in [-0.15, -0.1) is 0 Å². The van der Waals surface area contributed by atoms with Crippen molar-refractivity contribution in [3.8, 4) is 11.8 Å². The number of aromatic nitrogens is 1. The van der Waals surface area contributed by atoms with Crippen LogP contribution in [0.5, 0.6) is 0 Å². The topological polar surface area (TPSA) is 91.2 Å². The molecule has 0 spiro atoms. The summed E-state index contributed by atoms with van der Waals surface area (Å²) in [5, 5.41) is 3.55. The average Bonchev–Trinajstić information content (AvgIpc) is 2.90. The molecular weight excluding hydrogens is 347 g/mol. The van der Waals surface area contributed by atoms with E-state index in [1.54, 1.807) is 6.92 Å². The minimum atomic E-state index is -0.673. The van der Waals surface area contributed by atoms with Crippen molar-refractivity contribution in [1.29, 1.82) is 0 Å². The molecule has 1 atom stereocenters. The van der Waals surface area contributed by atoms with Crippen LogP contribution in [0.1, 0.15) is 41.4 Å². The lowest BCUT2D eigenvalue weighted by Crippen LogP contribution is -2.47. The van der Waals surface area contributed by atoms with Crippen LogP contribution in [0.25, 0.3) is 10.9 Å². The second-order valence-electron chi connectivity index (χ2n) is 6.88. The lowest BCUT2D eigenvalue weighted by atomic mass is 10.0. The number of nitrogens with zero attached hydrogens (tertiary/aromatic N) is 1. The molecule has 1 aliphatic heterocycles. The summed E-state index contributed by atoms with van der Waals surface area (Å²) in [6.07, 6.45) is 1.62. The summed E-state index contributed by atoms with van der Waals surface area (Å²) in [6, 6.07) is 1.08. The van der Waals surface area contributed by atoms with Gasteiger partial charge in [-0.3, -0.25) is 9.59 Å². The molecule has 2 aromatic rings. The maximum atomic E-state index is 15.1. The third-order valence-corrected chi connectivity index (χ3v) is 5.08. The van der Waals surface area contributed by atoms with Crippen molar-refractivity contribution in [3.63, 3.8) is 0 Å². The number of carbonyl (C=O) groups is 2. The van der Waals surface area contributed by atoms with Crippen molar-refractivity contribution >= 4 is 28.4 Å². The van der Waals surface area contributed by atoms with Crippen molar-refractivity contribution in [3.05, 3.63) is 28.7 Å². The number of nitrogens with two attached hydrogens (primary N) is 1. The molecule has 0 saturated carbocycles. The van der Waals surface area contributed by atoms with E-state index in [9.17, 15) is 9.59 Å². The Morgan fingerprint density at radius 3 is 2.81 bits per heavy atom. The van der Waals surface area contributed by atoms with Crippen molar-refractivity contribution in [2.75, 3.05) is 18.0 Å². The molecule has 27 heavy (non-hydrogen) atoms. The zero-order valence-electron chi connectivity index (χ0n) is 15.7. The molecule has 142 valence electrons. The van der Waals surface area contributed by atoms with E-state index in [1.807, 2.05) is 18.7 Å². The van der Waals surface area contributed by atoms with Gasteiger partial charge in [0.15, 0.2) is 0 Å². The van der Waals surface area contributed by atoms with E-state index in [1.165, 1.54) is 6.07 Å². The SMILES string of the molecule is CC#CC(=O)NC1CCCN(c2c(F)cc(C(N)=O)c3[nH]c(C)c(C)c23)C1. The summed E-state index contributed by atoms with van der Waals surface area (Å²) in [4.78, 5) is 28.6. The molecule has 7 heteroatoms. The Kier molecular flexibility index (Phi) is 5.08. The summed E-state index contributed by atoms with van der Waals surface area (Å²) < 4.78 is 15.1. The third kappa shape index (κ3) is 3.47. The predicted molar refractivity (Wildman–Crippen MR) is 103 cm³/mol. The molecule has 0 bridgehead atoms. The van der Waals surface area contributed by atoms with Crippen LogP contribution in [-0.4, -0.2) is 35.9 Å². The van der Waals surface area contributed by atoms with Crippen LogP contribution in [0.4, 0.5) is 10.1 Å². The number of rotatable bonds is 3. The number of aryl methyl sites for hydroxylation is 2. The monoisotopic (exact) mass is 370 g/mol. The highest BCUT2D eigenvalue weighted by molar-refractivity contribution is 6.10. The van der Waals surface area contributed by atoms with Crippen molar-refractivity contribution in [1.82, 2.24) is 10.3 Å². The van der Waals surface area contributed by atoms with Gasteiger partial charge in [-0.25, -0.2) is 4.39 Å². The van der Waals surface area contributed by atoms with Crippen molar-refractivity contribution < 1.29 is 14.0 Å². The van der Waals surface area contributed by atoms with E-state index in [2.05, 4.69) is 22.1 Å². The Bertz CT molecular complexity index is 983. The highest BCUT2D eigenvalue weighted by Crippen LogP contribution is 2.37. The van der Waals surface area contributed by atoms with Gasteiger partial charge in [-0.2, -0.15) is 0 Å². The van der Waals surface area contributed by atoms with E-state index < -0.39 is 11.7 Å². The lowest BCUT2D eigenvalue weighted by Gasteiger charge is -2.35. The molecule has 1 saturated heterocycles. The number of hydrogen-bond acceptors (Lipinski definition) is 3. The van der Waals surface area contributed by atoms with E-state index >= 15 is 4.39 Å². The Balaban J connectivity index is 2.04. The van der Waals surface area contributed by atoms with Gasteiger partial charge in [0.2, 0.25) is 0 Å². The predicted octanol–water partition coefficient (Wildman–Crippen LogP) is 2.13. The first kappa shape index (κ1) is 18.8. The largest absolute Gasteiger partial charge is 0.367 e. The molecule has 1 aliphatic rings. The third-order valence-electron chi connectivity index (χ3n) is 5.08. The zero-order chi connectivity index (χ0) is 19.7. The van der Waals surface area contributed by atoms with Crippen LogP contribution >= 0.6 is 0 Å². The summed E-state index contributed by atoms with van der Waals surface area (Å²) >= 11 is 0. The molecule has 4 N–H and O–H groups in total. The normalized spacial score (nSPS) is 16.7.